The zero-order chi connectivity index (χ0) is 25.4. The van der Waals surface area contributed by atoms with Gasteiger partial charge in [-0.25, -0.2) is 4.98 Å². The monoisotopic (exact) mass is 632 g/mol. The smallest absolute Gasteiger partial charge is 0.129 e. The van der Waals surface area contributed by atoms with E-state index in [-0.39, 0.29) is 25.7 Å². The van der Waals surface area contributed by atoms with Crippen LogP contribution in [-0.4, -0.2) is 19.4 Å². The molecule has 35 heavy (non-hydrogen) atoms. The summed E-state index contributed by atoms with van der Waals surface area (Å²) in [5.41, 5.74) is 6.96. The predicted molar refractivity (Wildman–Crippen MR) is 138 cm³/mol. The minimum atomic E-state index is -2.09. The Labute approximate surface area is 220 Å². The normalized spacial score (nSPS) is 12.4. The molecule has 1 radical (unpaired) electrons. The molecule has 0 aliphatic carbocycles. The number of nitrogens with zero attached hydrogens (tertiary/aromatic N) is 4. The molecule has 0 aliphatic heterocycles. The fourth-order valence-corrected chi connectivity index (χ4v) is 4.15. The van der Waals surface area contributed by atoms with Crippen molar-refractivity contribution in [2.24, 2.45) is 0 Å². The molecule has 0 saturated heterocycles. The average molecular weight is 632 g/mol. The molecule has 7 aromatic rings. The van der Waals surface area contributed by atoms with E-state index in [0.717, 1.165) is 49.7 Å². The topological polar surface area (TPSA) is 43.1 Å². The summed E-state index contributed by atoms with van der Waals surface area (Å²) in [6.07, 6.45) is 3.21. The molecule has 0 bridgehead atoms. The number of aromatic nitrogens is 4. The molecule has 4 aromatic heterocycles. The Hall–Kier alpha value is -3.92. The van der Waals surface area contributed by atoms with Gasteiger partial charge in [-0.1, -0.05) is 30.3 Å². The van der Waals surface area contributed by atoms with Crippen LogP contribution in [0.3, 0.4) is 0 Å². The van der Waals surface area contributed by atoms with Gasteiger partial charge in [-0.05, 0) is 41.8 Å². The summed E-state index contributed by atoms with van der Waals surface area (Å²) in [7, 11) is 0. The number of imidazole rings is 1. The number of para-hydroxylation sites is 2. The van der Waals surface area contributed by atoms with Crippen molar-refractivity contribution in [1.29, 1.82) is 0 Å². The first-order valence-electron chi connectivity index (χ1n) is 12.4. The van der Waals surface area contributed by atoms with Crippen LogP contribution in [0.25, 0.3) is 49.7 Å². The van der Waals surface area contributed by atoms with Gasteiger partial charge in [0, 0.05) is 47.5 Å². The van der Waals surface area contributed by atoms with E-state index in [9.17, 15) is 0 Å². The quantitative estimate of drug-likeness (QED) is 0.147. The van der Waals surface area contributed by atoms with Crippen LogP contribution in [0.4, 0.5) is 0 Å². The molecule has 4 nitrogen and oxygen atoms in total. The van der Waals surface area contributed by atoms with Gasteiger partial charge in [0.15, 0.2) is 0 Å². The van der Waals surface area contributed by atoms with Crippen LogP contribution >= 0.6 is 0 Å². The molecule has 0 aliphatic rings. The molecule has 7 rings (SSSR count). The van der Waals surface area contributed by atoms with Gasteiger partial charge in [0.05, 0.1) is 11.0 Å². The predicted octanol–water partition coefficient (Wildman–Crippen LogP) is 6.84. The number of fused-ring (bicyclic) bond motifs is 8. The molecular weight excluding hydrogens is 609 g/mol. The van der Waals surface area contributed by atoms with Crippen LogP contribution in [0.2, 0.25) is 0 Å². The number of benzene rings is 3. The third kappa shape index (κ3) is 4.21. The summed E-state index contributed by atoms with van der Waals surface area (Å²) in [4.78, 5) is 13.5. The van der Waals surface area contributed by atoms with Crippen molar-refractivity contribution in [3.63, 3.8) is 0 Å². The van der Waals surface area contributed by atoms with Crippen molar-refractivity contribution in [3.8, 4) is 11.3 Å². The Morgan fingerprint density at radius 1 is 0.800 bits per heavy atom. The average Bonchev–Trinajstić information content (AvgIpc) is 3.34. The van der Waals surface area contributed by atoms with Gasteiger partial charge in [0.1, 0.15) is 5.65 Å². The first kappa shape index (κ1) is 19.4. The standard InChI is InChI=1S/C18H10N3.C12H10N.Ir/c1-3-9-15-12(6-1)17-13(7-5-11-19-17)18-20-14-8-2-4-10-16(14)21(15)18;1-10-7-8-12(13-9-10)11-5-3-2-4-6-11;/h1-5,7-11H;2-5,7-9H,1H3;/q2*-1;/i;1D3;. The van der Waals surface area contributed by atoms with Gasteiger partial charge in [0.2, 0.25) is 0 Å². The molecule has 0 atom stereocenters. The molecule has 171 valence electrons. The third-order valence-electron chi connectivity index (χ3n) is 5.67. The Morgan fingerprint density at radius 3 is 2.49 bits per heavy atom. The van der Waals surface area contributed by atoms with E-state index >= 15 is 0 Å². The van der Waals surface area contributed by atoms with Gasteiger partial charge < -0.3 is 14.4 Å². The van der Waals surface area contributed by atoms with E-state index in [2.05, 4.69) is 44.7 Å². The van der Waals surface area contributed by atoms with Crippen LogP contribution in [0.15, 0.2) is 103 Å². The number of hydrogen-bond donors (Lipinski definition) is 0. The maximum Gasteiger partial charge on any atom is 0.129 e. The first-order chi connectivity index (χ1) is 18.0. The van der Waals surface area contributed by atoms with E-state index in [1.165, 1.54) is 6.20 Å². The molecule has 0 unspecified atom stereocenters. The van der Waals surface area contributed by atoms with Gasteiger partial charge in [-0.3, -0.25) is 0 Å². The van der Waals surface area contributed by atoms with Crippen LogP contribution in [0.5, 0.6) is 0 Å². The number of rotatable bonds is 1. The second-order valence-corrected chi connectivity index (χ2v) is 7.80. The molecule has 0 fully saturated rings. The maximum atomic E-state index is 7.23. The van der Waals surface area contributed by atoms with Crippen molar-refractivity contribution >= 4 is 38.5 Å². The largest absolute Gasteiger partial charge is 0.335 e. The fraction of sp³-hybridized carbons (Fsp3) is 0.0333. The van der Waals surface area contributed by atoms with Crippen molar-refractivity contribution in [3.05, 3.63) is 121 Å². The number of aryl methyl sites for hydroxylation is 1. The zero-order valence-electron chi connectivity index (χ0n) is 21.4. The van der Waals surface area contributed by atoms with E-state index in [0.29, 0.717) is 0 Å². The van der Waals surface area contributed by atoms with Crippen molar-refractivity contribution in [2.45, 2.75) is 6.85 Å². The van der Waals surface area contributed by atoms with Crippen LogP contribution in [0.1, 0.15) is 9.68 Å². The third-order valence-corrected chi connectivity index (χ3v) is 5.67. The van der Waals surface area contributed by atoms with Crippen LogP contribution in [0, 0.1) is 19.0 Å². The van der Waals surface area contributed by atoms with Crippen molar-refractivity contribution in [2.75, 3.05) is 0 Å². The second-order valence-electron chi connectivity index (χ2n) is 7.80. The molecule has 0 saturated carbocycles. The van der Waals surface area contributed by atoms with Gasteiger partial charge in [-0.2, -0.15) is 0 Å². The Balaban J connectivity index is 0.000000157. The summed E-state index contributed by atoms with van der Waals surface area (Å²) in [6.45, 7) is -2.09. The Bertz CT molecular complexity index is 1870. The van der Waals surface area contributed by atoms with E-state index in [1.807, 2.05) is 60.8 Å². The number of pyridine rings is 3. The molecule has 0 N–H and O–H groups in total. The minimum Gasteiger partial charge on any atom is -0.335 e. The Kier molecular flexibility index (Phi) is 5.40. The van der Waals surface area contributed by atoms with E-state index in [1.54, 1.807) is 18.2 Å². The fourth-order valence-electron chi connectivity index (χ4n) is 4.15. The van der Waals surface area contributed by atoms with Gasteiger partial charge in [0.25, 0.3) is 0 Å². The van der Waals surface area contributed by atoms with Crippen molar-refractivity contribution < 1.29 is 24.2 Å². The Morgan fingerprint density at radius 2 is 1.66 bits per heavy atom. The molecule has 4 heterocycles. The van der Waals surface area contributed by atoms with Gasteiger partial charge >= 0.3 is 0 Å². The molecule has 5 heteroatoms. The zero-order valence-corrected chi connectivity index (χ0v) is 20.8. The van der Waals surface area contributed by atoms with Crippen molar-refractivity contribution in [1.82, 2.24) is 19.4 Å². The second kappa shape index (κ2) is 9.75. The molecule has 3 aromatic carbocycles. The summed E-state index contributed by atoms with van der Waals surface area (Å²) >= 11 is 0. The van der Waals surface area contributed by atoms with Crippen LogP contribution in [-0.2, 0) is 20.1 Å². The number of hydrogen-bond acceptors (Lipinski definition) is 3. The molecular formula is C30H20IrN4-2. The summed E-state index contributed by atoms with van der Waals surface area (Å²) < 4.78 is 23.9. The minimum absolute atomic E-state index is 0. The van der Waals surface area contributed by atoms with Crippen LogP contribution < -0.4 is 0 Å². The summed E-state index contributed by atoms with van der Waals surface area (Å²) in [5, 5.41) is 2.09. The maximum absolute atomic E-state index is 7.23. The SMILES string of the molecule is [2H]C([2H])([2H])c1ccc(-c2[c-]cccc2)nc1.[Ir].[c-]1cccc2c1c1ncccc1c1nc3ccccc3n21. The molecule has 0 spiro atoms. The summed E-state index contributed by atoms with van der Waals surface area (Å²) in [6, 6.07) is 35.4. The molecule has 0 amide bonds. The van der Waals surface area contributed by atoms with Gasteiger partial charge in [-0.15, -0.1) is 65.5 Å². The van der Waals surface area contributed by atoms with E-state index < -0.39 is 6.85 Å². The van der Waals surface area contributed by atoms with E-state index in [4.69, 9.17) is 9.10 Å². The summed E-state index contributed by atoms with van der Waals surface area (Å²) in [5.74, 6) is 0. The first-order valence-corrected chi connectivity index (χ1v) is 10.9.